The highest BCUT2D eigenvalue weighted by Crippen LogP contribution is 2.19. The van der Waals surface area contributed by atoms with Gasteiger partial charge in [0.15, 0.2) is 0 Å². The van der Waals surface area contributed by atoms with Gasteiger partial charge >= 0.3 is 0 Å². The van der Waals surface area contributed by atoms with Crippen LogP contribution >= 0.6 is 0 Å². The van der Waals surface area contributed by atoms with E-state index in [0.717, 1.165) is 17.6 Å². The number of rotatable bonds is 3. The highest BCUT2D eigenvalue weighted by Gasteiger charge is 2.06. The Kier molecular flexibility index (Phi) is 3.25. The average Bonchev–Trinajstić information content (AvgIpc) is 2.47. The first kappa shape index (κ1) is 11.9. The van der Waals surface area contributed by atoms with E-state index in [1.165, 1.54) is 16.5 Å². The Morgan fingerprint density at radius 1 is 0.895 bits per heavy atom. The molecule has 1 heterocycles. The van der Waals surface area contributed by atoms with E-state index in [0.29, 0.717) is 6.54 Å². The first-order valence-electron chi connectivity index (χ1n) is 6.48. The smallest absolute Gasteiger partial charge is 0.0706 e. The molecule has 94 valence electrons. The minimum atomic E-state index is 0.479. The van der Waals surface area contributed by atoms with Crippen molar-refractivity contribution in [2.24, 2.45) is 5.73 Å². The largest absolute Gasteiger partial charge is 0.325 e. The Hall–Kier alpha value is -2.19. The van der Waals surface area contributed by atoms with Gasteiger partial charge in [0, 0.05) is 11.9 Å². The van der Waals surface area contributed by atoms with Crippen LogP contribution in [0.25, 0.3) is 10.9 Å². The molecule has 2 aromatic carbocycles. The lowest BCUT2D eigenvalue weighted by Gasteiger charge is -2.09. The van der Waals surface area contributed by atoms with Gasteiger partial charge in [0.2, 0.25) is 0 Å². The molecule has 0 radical (unpaired) electrons. The molecule has 3 aromatic rings. The summed E-state index contributed by atoms with van der Waals surface area (Å²) in [5.41, 5.74) is 10.3. The second-order valence-corrected chi connectivity index (χ2v) is 4.65. The lowest BCUT2D eigenvalue weighted by molar-refractivity contribution is 0.962. The van der Waals surface area contributed by atoms with Crippen LogP contribution in [-0.2, 0) is 13.0 Å². The van der Waals surface area contributed by atoms with Gasteiger partial charge in [-0.15, -0.1) is 0 Å². The van der Waals surface area contributed by atoms with Gasteiger partial charge in [0.1, 0.15) is 0 Å². The highest BCUT2D eigenvalue weighted by atomic mass is 14.7. The second kappa shape index (κ2) is 5.21. The minimum Gasteiger partial charge on any atom is -0.325 e. The van der Waals surface area contributed by atoms with E-state index in [-0.39, 0.29) is 0 Å². The van der Waals surface area contributed by atoms with Gasteiger partial charge in [-0.25, -0.2) is 0 Å². The van der Waals surface area contributed by atoms with Crippen molar-refractivity contribution in [1.29, 1.82) is 0 Å². The third-order valence-electron chi connectivity index (χ3n) is 3.32. The fraction of sp³-hybridized carbons (Fsp3) is 0.118. The third-order valence-corrected chi connectivity index (χ3v) is 3.32. The molecule has 0 atom stereocenters. The van der Waals surface area contributed by atoms with Gasteiger partial charge in [-0.1, -0.05) is 48.5 Å². The van der Waals surface area contributed by atoms with E-state index in [1.54, 1.807) is 0 Å². The van der Waals surface area contributed by atoms with Gasteiger partial charge in [-0.05, 0) is 29.7 Å². The molecule has 0 spiro atoms. The first-order chi connectivity index (χ1) is 9.36. The molecule has 0 saturated heterocycles. The molecule has 2 nitrogen and oxygen atoms in total. The molecule has 0 aliphatic carbocycles. The van der Waals surface area contributed by atoms with Crippen LogP contribution in [0.15, 0.2) is 60.7 Å². The molecule has 0 aliphatic heterocycles. The highest BCUT2D eigenvalue weighted by molar-refractivity contribution is 5.79. The third kappa shape index (κ3) is 2.49. The minimum absolute atomic E-state index is 0.479. The van der Waals surface area contributed by atoms with Crippen molar-refractivity contribution in [3.8, 4) is 0 Å². The summed E-state index contributed by atoms with van der Waals surface area (Å²) in [5, 5.41) is 1.17. The summed E-state index contributed by atoms with van der Waals surface area (Å²) in [4.78, 5) is 4.66. The zero-order valence-corrected chi connectivity index (χ0v) is 10.7. The summed E-state index contributed by atoms with van der Waals surface area (Å²) in [5.74, 6) is 0. The molecule has 3 rings (SSSR count). The zero-order chi connectivity index (χ0) is 13.1. The monoisotopic (exact) mass is 248 g/mol. The summed E-state index contributed by atoms with van der Waals surface area (Å²) < 4.78 is 0. The van der Waals surface area contributed by atoms with E-state index >= 15 is 0 Å². The van der Waals surface area contributed by atoms with Gasteiger partial charge < -0.3 is 5.73 Å². The number of fused-ring (bicyclic) bond motifs is 1. The summed E-state index contributed by atoms with van der Waals surface area (Å²) in [6.45, 7) is 0.479. The fourth-order valence-electron chi connectivity index (χ4n) is 2.35. The van der Waals surface area contributed by atoms with Crippen LogP contribution in [-0.4, -0.2) is 4.98 Å². The predicted octanol–water partition coefficient (Wildman–Crippen LogP) is 3.28. The van der Waals surface area contributed by atoms with E-state index in [2.05, 4.69) is 41.4 Å². The van der Waals surface area contributed by atoms with Crippen LogP contribution in [0.4, 0.5) is 0 Å². The van der Waals surface area contributed by atoms with Crippen molar-refractivity contribution in [3.05, 3.63) is 77.5 Å². The molecular weight excluding hydrogens is 232 g/mol. The van der Waals surface area contributed by atoms with Gasteiger partial charge in [-0.3, -0.25) is 4.98 Å². The number of para-hydroxylation sites is 1. The molecule has 2 N–H and O–H groups in total. The molecule has 0 saturated carbocycles. The summed E-state index contributed by atoms with van der Waals surface area (Å²) in [6.07, 6.45) is 0.880. The Bertz CT molecular complexity index is 690. The molecule has 2 heteroatoms. The van der Waals surface area contributed by atoms with Crippen molar-refractivity contribution in [2.45, 2.75) is 13.0 Å². The van der Waals surface area contributed by atoms with E-state index < -0.39 is 0 Å². The van der Waals surface area contributed by atoms with Gasteiger partial charge in [-0.2, -0.15) is 0 Å². The second-order valence-electron chi connectivity index (χ2n) is 4.65. The van der Waals surface area contributed by atoms with Crippen molar-refractivity contribution >= 4 is 10.9 Å². The summed E-state index contributed by atoms with van der Waals surface area (Å²) in [7, 11) is 0. The number of pyridine rings is 1. The Labute approximate surface area is 112 Å². The fourth-order valence-corrected chi connectivity index (χ4v) is 2.35. The topological polar surface area (TPSA) is 38.9 Å². The van der Waals surface area contributed by atoms with Crippen molar-refractivity contribution < 1.29 is 0 Å². The quantitative estimate of drug-likeness (QED) is 0.772. The SMILES string of the molecule is NCc1nc2ccccc2cc1Cc1ccccc1. The van der Waals surface area contributed by atoms with Crippen LogP contribution in [0.2, 0.25) is 0 Å². The summed E-state index contributed by atoms with van der Waals surface area (Å²) >= 11 is 0. The van der Waals surface area contributed by atoms with E-state index in [4.69, 9.17) is 5.73 Å². The van der Waals surface area contributed by atoms with Crippen LogP contribution in [0, 0.1) is 0 Å². The lowest BCUT2D eigenvalue weighted by atomic mass is 10.0. The Morgan fingerprint density at radius 3 is 2.42 bits per heavy atom. The van der Waals surface area contributed by atoms with Crippen molar-refractivity contribution in [1.82, 2.24) is 4.98 Å². The van der Waals surface area contributed by atoms with E-state index in [1.807, 2.05) is 24.3 Å². The van der Waals surface area contributed by atoms with Crippen LogP contribution in [0.5, 0.6) is 0 Å². The Balaban J connectivity index is 2.06. The molecule has 0 fully saturated rings. The number of hydrogen-bond acceptors (Lipinski definition) is 2. The van der Waals surface area contributed by atoms with Crippen molar-refractivity contribution in [2.75, 3.05) is 0 Å². The lowest BCUT2D eigenvalue weighted by Crippen LogP contribution is -2.05. The molecular formula is C17H16N2. The van der Waals surface area contributed by atoms with Gasteiger partial charge in [0.05, 0.1) is 11.2 Å². The maximum Gasteiger partial charge on any atom is 0.0706 e. The number of nitrogens with two attached hydrogens (primary N) is 1. The number of aromatic nitrogens is 1. The molecule has 1 aromatic heterocycles. The Morgan fingerprint density at radius 2 is 1.63 bits per heavy atom. The maximum absolute atomic E-state index is 5.83. The first-order valence-corrected chi connectivity index (χ1v) is 6.48. The number of hydrogen-bond donors (Lipinski definition) is 1. The molecule has 0 aliphatic rings. The van der Waals surface area contributed by atoms with Crippen molar-refractivity contribution in [3.63, 3.8) is 0 Å². The van der Waals surface area contributed by atoms with Gasteiger partial charge in [0.25, 0.3) is 0 Å². The average molecular weight is 248 g/mol. The normalized spacial score (nSPS) is 10.8. The number of benzene rings is 2. The van der Waals surface area contributed by atoms with Crippen LogP contribution in [0.3, 0.4) is 0 Å². The maximum atomic E-state index is 5.83. The molecule has 0 unspecified atom stereocenters. The number of nitrogens with zero attached hydrogens (tertiary/aromatic N) is 1. The standard InChI is InChI=1S/C17H16N2/c18-12-17-15(10-13-6-2-1-3-7-13)11-14-8-4-5-9-16(14)19-17/h1-9,11H,10,12,18H2. The van der Waals surface area contributed by atoms with E-state index in [9.17, 15) is 0 Å². The zero-order valence-electron chi connectivity index (χ0n) is 10.7. The molecule has 19 heavy (non-hydrogen) atoms. The molecule has 0 amide bonds. The van der Waals surface area contributed by atoms with Crippen LogP contribution in [0.1, 0.15) is 16.8 Å². The van der Waals surface area contributed by atoms with Crippen LogP contribution < -0.4 is 5.73 Å². The predicted molar refractivity (Wildman–Crippen MR) is 78.9 cm³/mol. The molecule has 0 bridgehead atoms. The summed E-state index contributed by atoms with van der Waals surface area (Å²) in [6, 6.07) is 20.8.